The van der Waals surface area contributed by atoms with E-state index < -0.39 is 35.7 Å². The fraction of sp³-hybridized carbons (Fsp3) is 0.0345. The molecule has 0 fully saturated rings. The second kappa shape index (κ2) is 14.2. The van der Waals surface area contributed by atoms with E-state index in [4.69, 9.17) is 12.6 Å². The lowest BCUT2D eigenvalue weighted by Crippen LogP contribution is -2.01. The van der Waals surface area contributed by atoms with Crippen molar-refractivity contribution in [3.63, 3.8) is 0 Å². The predicted octanol–water partition coefficient (Wildman–Crippen LogP) is 6.75. The molecule has 230 valence electrons. The van der Waals surface area contributed by atoms with E-state index in [1.54, 1.807) is 42.5 Å². The van der Waals surface area contributed by atoms with Crippen molar-refractivity contribution in [2.24, 2.45) is 20.5 Å². The standard InChI is InChI=1S/C29H22N4O6S2.O3S/c34-40(35,36)27-13-7-12-24-25(16-14-21(29(24)27)18-20-8-3-1-4-9-20)32-33-26-17-15-23(19-28(26)41(37,38)39)31-30-22-10-5-2-6-11-22;1-4(2)3/h1-17,19H,18H2,(H,34,35,36)(H,37,38,39);. The Morgan fingerprint density at radius 3 is 1.73 bits per heavy atom. The summed E-state index contributed by atoms with van der Waals surface area (Å²) in [6.07, 6.45) is 0.382. The average Bonchev–Trinajstić information content (AvgIpc) is 2.99. The summed E-state index contributed by atoms with van der Waals surface area (Å²) >= 11 is 0. The Hall–Kier alpha value is -5.00. The summed E-state index contributed by atoms with van der Waals surface area (Å²) in [4.78, 5) is -0.820. The Morgan fingerprint density at radius 1 is 0.556 bits per heavy atom. The van der Waals surface area contributed by atoms with Crippen molar-refractivity contribution >= 4 is 64.4 Å². The van der Waals surface area contributed by atoms with Gasteiger partial charge in [-0.05, 0) is 60.0 Å². The summed E-state index contributed by atoms with van der Waals surface area (Å²) in [5.41, 5.74) is 2.32. The van der Waals surface area contributed by atoms with E-state index in [2.05, 4.69) is 20.5 Å². The topological polar surface area (TPSA) is 209 Å². The zero-order valence-corrected chi connectivity index (χ0v) is 25.3. The molecule has 0 amide bonds. The van der Waals surface area contributed by atoms with Gasteiger partial charge in [0.2, 0.25) is 0 Å². The smallest absolute Gasteiger partial charge is 0.282 e. The van der Waals surface area contributed by atoms with Crippen LogP contribution in [-0.2, 0) is 37.3 Å². The first-order valence-electron chi connectivity index (χ1n) is 12.7. The highest BCUT2D eigenvalue weighted by molar-refractivity contribution is 7.86. The number of nitrogens with zero attached hydrogens (tertiary/aromatic N) is 4. The molecule has 0 heterocycles. The molecule has 0 saturated heterocycles. The predicted molar refractivity (Wildman–Crippen MR) is 164 cm³/mol. The van der Waals surface area contributed by atoms with Gasteiger partial charge in [-0.15, -0.1) is 22.9 Å². The van der Waals surface area contributed by atoms with Crippen molar-refractivity contribution in [2.75, 3.05) is 0 Å². The van der Waals surface area contributed by atoms with Gasteiger partial charge >= 0.3 is 10.6 Å². The molecule has 0 saturated carbocycles. The van der Waals surface area contributed by atoms with Crippen LogP contribution in [0.3, 0.4) is 0 Å². The molecule has 0 aliphatic carbocycles. The number of benzene rings is 5. The van der Waals surface area contributed by atoms with Crippen molar-refractivity contribution in [2.45, 2.75) is 16.2 Å². The first-order chi connectivity index (χ1) is 21.3. The van der Waals surface area contributed by atoms with E-state index in [-0.39, 0.29) is 27.3 Å². The molecular weight excluding hydrogens is 645 g/mol. The van der Waals surface area contributed by atoms with Crippen LogP contribution in [0.5, 0.6) is 0 Å². The minimum Gasteiger partial charge on any atom is -0.282 e. The van der Waals surface area contributed by atoms with Crippen LogP contribution in [0.1, 0.15) is 11.1 Å². The molecule has 0 atom stereocenters. The Kier molecular flexibility index (Phi) is 10.4. The van der Waals surface area contributed by atoms with E-state index in [1.807, 2.05) is 36.4 Å². The molecule has 0 radical (unpaired) electrons. The second-order valence-electron chi connectivity index (χ2n) is 9.13. The normalized spacial score (nSPS) is 11.9. The van der Waals surface area contributed by atoms with Gasteiger partial charge in [0.15, 0.2) is 0 Å². The van der Waals surface area contributed by atoms with Crippen LogP contribution in [0.4, 0.5) is 22.7 Å². The number of hydrogen-bond acceptors (Lipinski definition) is 11. The van der Waals surface area contributed by atoms with Crippen LogP contribution < -0.4 is 0 Å². The minimum atomic E-state index is -4.72. The molecule has 0 aliphatic heterocycles. The Morgan fingerprint density at radius 2 is 1.11 bits per heavy atom. The SMILES string of the molecule is O=S(=O)(O)c1cc(N=Nc2ccccc2)ccc1N=Nc1ccc(Cc2ccccc2)c2c(S(=O)(=O)O)cccc12.O=S(=O)=O. The monoisotopic (exact) mass is 666 g/mol. The summed E-state index contributed by atoms with van der Waals surface area (Å²) in [6, 6.07) is 29.8. The zero-order valence-electron chi connectivity index (χ0n) is 22.9. The van der Waals surface area contributed by atoms with Crippen LogP contribution in [0.2, 0.25) is 0 Å². The van der Waals surface area contributed by atoms with Crippen molar-refractivity contribution in [1.82, 2.24) is 0 Å². The molecule has 13 nitrogen and oxygen atoms in total. The van der Waals surface area contributed by atoms with Gasteiger partial charge in [-0.3, -0.25) is 9.11 Å². The lowest BCUT2D eigenvalue weighted by Gasteiger charge is -2.12. The van der Waals surface area contributed by atoms with Gasteiger partial charge in [-0.2, -0.15) is 27.1 Å². The summed E-state index contributed by atoms with van der Waals surface area (Å²) in [5.74, 6) is 0. The van der Waals surface area contributed by atoms with Crippen LogP contribution in [-0.4, -0.2) is 38.6 Å². The highest BCUT2D eigenvalue weighted by Crippen LogP contribution is 2.37. The molecule has 5 aromatic rings. The third-order valence-corrected chi connectivity index (χ3v) is 7.88. The van der Waals surface area contributed by atoms with Crippen molar-refractivity contribution in [3.8, 4) is 0 Å². The summed E-state index contributed by atoms with van der Waals surface area (Å²) in [6.45, 7) is 0. The van der Waals surface area contributed by atoms with Gasteiger partial charge in [-0.25, -0.2) is 0 Å². The molecule has 0 unspecified atom stereocenters. The molecule has 5 rings (SSSR count). The van der Waals surface area contributed by atoms with E-state index in [0.717, 1.165) is 11.6 Å². The Labute approximate surface area is 259 Å². The summed E-state index contributed by atoms with van der Waals surface area (Å²) in [5, 5.41) is 17.0. The molecule has 0 aliphatic rings. The van der Waals surface area contributed by atoms with Gasteiger partial charge in [0.25, 0.3) is 20.2 Å². The maximum Gasteiger partial charge on any atom is 0.425 e. The van der Waals surface area contributed by atoms with Crippen molar-refractivity contribution in [1.29, 1.82) is 0 Å². The van der Waals surface area contributed by atoms with Gasteiger partial charge in [0.1, 0.15) is 15.5 Å². The average molecular weight is 667 g/mol. The molecule has 2 N–H and O–H groups in total. The molecule has 45 heavy (non-hydrogen) atoms. The summed E-state index contributed by atoms with van der Waals surface area (Å²) in [7, 11) is -12.4. The number of hydrogen-bond donors (Lipinski definition) is 2. The fourth-order valence-corrected chi connectivity index (χ4v) is 5.66. The second-order valence-corrected chi connectivity index (χ2v) is 12.3. The van der Waals surface area contributed by atoms with Crippen molar-refractivity contribution < 1.29 is 38.6 Å². The van der Waals surface area contributed by atoms with E-state index >= 15 is 0 Å². The first-order valence-corrected chi connectivity index (χ1v) is 16.5. The van der Waals surface area contributed by atoms with Crippen LogP contribution >= 0.6 is 0 Å². The van der Waals surface area contributed by atoms with Gasteiger partial charge < -0.3 is 0 Å². The van der Waals surface area contributed by atoms with Crippen molar-refractivity contribution in [3.05, 3.63) is 120 Å². The number of rotatable bonds is 8. The zero-order chi connectivity index (χ0) is 32.6. The lowest BCUT2D eigenvalue weighted by atomic mass is 9.97. The molecule has 0 aromatic heterocycles. The fourth-order valence-electron chi connectivity index (χ4n) is 4.27. The highest BCUT2D eigenvalue weighted by Gasteiger charge is 2.20. The minimum absolute atomic E-state index is 0.161. The van der Waals surface area contributed by atoms with E-state index in [0.29, 0.717) is 23.1 Å². The maximum absolute atomic E-state index is 12.3. The van der Waals surface area contributed by atoms with Gasteiger partial charge in [0.05, 0.1) is 17.1 Å². The van der Waals surface area contributed by atoms with Gasteiger partial charge in [-0.1, -0.05) is 66.7 Å². The first kappa shape index (κ1) is 32.9. The number of fused-ring (bicyclic) bond motifs is 1. The third-order valence-electron chi connectivity index (χ3n) is 6.10. The summed E-state index contributed by atoms with van der Waals surface area (Å²) < 4.78 is 94.0. The Balaban J connectivity index is 0.00000109. The molecule has 16 heteroatoms. The largest absolute Gasteiger partial charge is 0.425 e. The van der Waals surface area contributed by atoms with E-state index in [9.17, 15) is 25.9 Å². The van der Waals surface area contributed by atoms with Crippen LogP contribution in [0.15, 0.2) is 139 Å². The molecule has 5 aromatic carbocycles. The highest BCUT2D eigenvalue weighted by atomic mass is 32.2. The van der Waals surface area contributed by atoms with Gasteiger partial charge in [0, 0.05) is 10.8 Å². The van der Waals surface area contributed by atoms with Crippen LogP contribution in [0.25, 0.3) is 10.8 Å². The quantitative estimate of drug-likeness (QED) is 0.132. The molecular formula is C29H22N4O9S3. The Bertz CT molecular complexity index is 2240. The van der Waals surface area contributed by atoms with Crippen LogP contribution in [0, 0.1) is 0 Å². The molecule has 0 bridgehead atoms. The van der Waals surface area contributed by atoms with E-state index in [1.165, 1.54) is 24.3 Å². The number of azo groups is 2. The third kappa shape index (κ3) is 9.01. The lowest BCUT2D eigenvalue weighted by molar-refractivity contribution is 0.481. The maximum atomic E-state index is 12.3. The molecule has 0 spiro atoms.